The maximum absolute atomic E-state index is 11.9. The van der Waals surface area contributed by atoms with Gasteiger partial charge in [0.2, 0.25) is 0 Å². The third kappa shape index (κ3) is 12.4. The van der Waals surface area contributed by atoms with Gasteiger partial charge in [-0.05, 0) is 56.9 Å². The topological polar surface area (TPSA) is 61.8 Å². The molecule has 0 bridgehead atoms. The number of hydrogen-bond acceptors (Lipinski definition) is 5. The quantitative estimate of drug-likeness (QED) is 0.231. The van der Waals surface area contributed by atoms with Crippen molar-refractivity contribution >= 4 is 11.9 Å². The van der Waals surface area contributed by atoms with Gasteiger partial charge >= 0.3 is 11.9 Å². The molecule has 0 fully saturated rings. The van der Waals surface area contributed by atoms with Crippen LogP contribution in [0.1, 0.15) is 79.1 Å². The van der Waals surface area contributed by atoms with Crippen LogP contribution in [-0.4, -0.2) is 24.6 Å². The molecule has 0 unspecified atom stereocenters. The van der Waals surface area contributed by atoms with Crippen molar-refractivity contribution in [2.24, 2.45) is 5.92 Å². The minimum atomic E-state index is -0.203. The van der Waals surface area contributed by atoms with Crippen molar-refractivity contribution in [2.75, 3.05) is 6.61 Å². The van der Waals surface area contributed by atoms with E-state index in [1.54, 1.807) is 24.3 Å². The first-order valence-corrected chi connectivity index (χ1v) is 10.5. The molecule has 0 aromatic heterocycles. The molecule has 1 aromatic rings. The van der Waals surface area contributed by atoms with E-state index in [0.717, 1.165) is 44.3 Å². The molecule has 0 radical (unpaired) electrons. The van der Waals surface area contributed by atoms with Crippen molar-refractivity contribution in [1.29, 1.82) is 0 Å². The summed E-state index contributed by atoms with van der Waals surface area (Å²) < 4.78 is 16.1. The Labute approximate surface area is 169 Å². The first kappa shape index (κ1) is 24.0. The monoisotopic (exact) mass is 392 g/mol. The van der Waals surface area contributed by atoms with Crippen LogP contribution in [0.2, 0.25) is 0 Å². The van der Waals surface area contributed by atoms with Gasteiger partial charge in [0.25, 0.3) is 0 Å². The number of hydrogen-bond donors (Lipinski definition) is 0. The fraction of sp³-hybridized carbons (Fsp3) is 0.652. The maximum Gasteiger partial charge on any atom is 0.311 e. The second kappa shape index (κ2) is 14.0. The third-order valence-electron chi connectivity index (χ3n) is 4.02. The van der Waals surface area contributed by atoms with Gasteiger partial charge in [0.1, 0.15) is 11.5 Å². The predicted molar refractivity (Wildman–Crippen MR) is 111 cm³/mol. The van der Waals surface area contributed by atoms with E-state index in [9.17, 15) is 9.59 Å². The molecular formula is C23H36O5. The van der Waals surface area contributed by atoms with Gasteiger partial charge in [-0.3, -0.25) is 9.59 Å². The summed E-state index contributed by atoms with van der Waals surface area (Å²) in [4.78, 5) is 23.4. The number of ether oxygens (including phenoxy) is 3. The van der Waals surface area contributed by atoms with Crippen LogP contribution in [0, 0.1) is 5.92 Å². The van der Waals surface area contributed by atoms with E-state index in [2.05, 4.69) is 0 Å². The van der Waals surface area contributed by atoms with Crippen LogP contribution in [-0.2, 0) is 14.3 Å². The molecule has 0 saturated carbocycles. The SMILES string of the molecule is CC(C)COC(=O)CCCCCCCCC(=O)Oc1ccc(OC(C)C)cc1. The molecule has 158 valence electrons. The zero-order valence-corrected chi connectivity index (χ0v) is 17.9. The van der Waals surface area contributed by atoms with E-state index >= 15 is 0 Å². The highest BCUT2D eigenvalue weighted by molar-refractivity contribution is 5.72. The number of rotatable bonds is 14. The van der Waals surface area contributed by atoms with Gasteiger partial charge in [0.05, 0.1) is 12.7 Å². The Hall–Kier alpha value is -2.04. The van der Waals surface area contributed by atoms with Gasteiger partial charge in [0.15, 0.2) is 0 Å². The molecule has 1 rings (SSSR count). The first-order chi connectivity index (χ1) is 13.4. The summed E-state index contributed by atoms with van der Waals surface area (Å²) in [5, 5.41) is 0. The molecular weight excluding hydrogens is 356 g/mol. The normalized spacial score (nSPS) is 10.9. The lowest BCUT2D eigenvalue weighted by molar-refractivity contribution is -0.144. The highest BCUT2D eigenvalue weighted by atomic mass is 16.5. The predicted octanol–water partition coefficient (Wildman–Crippen LogP) is 5.70. The van der Waals surface area contributed by atoms with Gasteiger partial charge < -0.3 is 14.2 Å². The third-order valence-corrected chi connectivity index (χ3v) is 4.02. The van der Waals surface area contributed by atoms with Crippen molar-refractivity contribution in [3.05, 3.63) is 24.3 Å². The van der Waals surface area contributed by atoms with Crippen LogP contribution >= 0.6 is 0 Å². The van der Waals surface area contributed by atoms with Crippen molar-refractivity contribution in [3.63, 3.8) is 0 Å². The Balaban J connectivity index is 2.02. The summed E-state index contributed by atoms with van der Waals surface area (Å²) >= 11 is 0. The van der Waals surface area contributed by atoms with E-state index in [0.29, 0.717) is 31.1 Å². The molecule has 0 saturated heterocycles. The van der Waals surface area contributed by atoms with E-state index in [1.807, 2.05) is 27.7 Å². The maximum atomic E-state index is 11.9. The molecule has 0 amide bonds. The molecule has 5 nitrogen and oxygen atoms in total. The van der Waals surface area contributed by atoms with Crippen molar-refractivity contribution in [1.82, 2.24) is 0 Å². The van der Waals surface area contributed by atoms with E-state index in [-0.39, 0.29) is 18.0 Å². The molecule has 0 aliphatic rings. The fourth-order valence-electron chi connectivity index (χ4n) is 2.62. The molecule has 0 spiro atoms. The van der Waals surface area contributed by atoms with Gasteiger partial charge in [0, 0.05) is 12.8 Å². The van der Waals surface area contributed by atoms with E-state index in [4.69, 9.17) is 14.2 Å². The number of benzene rings is 1. The average Bonchev–Trinajstić information content (AvgIpc) is 2.63. The zero-order chi connectivity index (χ0) is 20.8. The molecule has 0 heterocycles. The van der Waals surface area contributed by atoms with Gasteiger partial charge in [-0.1, -0.05) is 39.5 Å². The minimum Gasteiger partial charge on any atom is -0.491 e. The standard InChI is InChI=1S/C23H36O5/c1-18(2)17-26-22(24)11-9-7-5-6-8-10-12-23(25)28-21-15-13-20(14-16-21)27-19(3)4/h13-16,18-19H,5-12,17H2,1-4H3. The molecule has 1 aromatic carbocycles. The summed E-state index contributed by atoms with van der Waals surface area (Å²) in [6.45, 7) is 8.50. The van der Waals surface area contributed by atoms with E-state index in [1.165, 1.54) is 0 Å². The molecule has 28 heavy (non-hydrogen) atoms. The number of esters is 2. The van der Waals surface area contributed by atoms with Gasteiger partial charge in [-0.25, -0.2) is 0 Å². The lowest BCUT2D eigenvalue weighted by Crippen LogP contribution is -2.09. The van der Waals surface area contributed by atoms with Crippen LogP contribution in [0.5, 0.6) is 11.5 Å². The lowest BCUT2D eigenvalue weighted by atomic mass is 10.1. The molecule has 0 N–H and O–H groups in total. The summed E-state index contributed by atoms with van der Waals surface area (Å²) in [7, 11) is 0. The van der Waals surface area contributed by atoms with Crippen LogP contribution in [0.15, 0.2) is 24.3 Å². The van der Waals surface area contributed by atoms with E-state index < -0.39 is 0 Å². The van der Waals surface area contributed by atoms with Crippen molar-refractivity contribution in [3.8, 4) is 11.5 Å². The Morgan fingerprint density at radius 1 is 0.750 bits per heavy atom. The van der Waals surface area contributed by atoms with Gasteiger partial charge in [-0.15, -0.1) is 0 Å². The number of carbonyl (C=O) groups excluding carboxylic acids is 2. The van der Waals surface area contributed by atoms with Crippen LogP contribution in [0.3, 0.4) is 0 Å². The second-order valence-corrected chi connectivity index (χ2v) is 7.81. The fourth-order valence-corrected chi connectivity index (χ4v) is 2.62. The molecule has 5 heteroatoms. The Kier molecular flexibility index (Phi) is 12.0. The lowest BCUT2D eigenvalue weighted by Gasteiger charge is -2.10. The van der Waals surface area contributed by atoms with Crippen molar-refractivity contribution in [2.45, 2.75) is 85.2 Å². The van der Waals surface area contributed by atoms with Crippen molar-refractivity contribution < 1.29 is 23.8 Å². The Morgan fingerprint density at radius 2 is 1.25 bits per heavy atom. The smallest absolute Gasteiger partial charge is 0.311 e. The molecule has 0 aliphatic heterocycles. The average molecular weight is 393 g/mol. The second-order valence-electron chi connectivity index (χ2n) is 7.81. The van der Waals surface area contributed by atoms with Gasteiger partial charge in [-0.2, -0.15) is 0 Å². The highest BCUT2D eigenvalue weighted by Gasteiger charge is 2.06. The van der Waals surface area contributed by atoms with Crippen LogP contribution < -0.4 is 9.47 Å². The first-order valence-electron chi connectivity index (χ1n) is 10.5. The van der Waals surface area contributed by atoms with Crippen LogP contribution in [0.4, 0.5) is 0 Å². The molecule has 0 atom stereocenters. The zero-order valence-electron chi connectivity index (χ0n) is 17.9. The summed E-state index contributed by atoms with van der Waals surface area (Å²) in [6, 6.07) is 7.12. The number of carbonyl (C=O) groups is 2. The highest BCUT2D eigenvalue weighted by Crippen LogP contribution is 2.19. The summed E-state index contributed by atoms with van der Waals surface area (Å²) in [5.41, 5.74) is 0. The van der Waals surface area contributed by atoms with Crippen LogP contribution in [0.25, 0.3) is 0 Å². The largest absolute Gasteiger partial charge is 0.491 e. The molecule has 0 aliphatic carbocycles. The minimum absolute atomic E-state index is 0.0970. The summed E-state index contributed by atoms with van der Waals surface area (Å²) in [6.07, 6.45) is 6.89. The Bertz CT molecular complexity index is 563. The Morgan fingerprint density at radius 3 is 1.79 bits per heavy atom. The summed E-state index contributed by atoms with van der Waals surface area (Å²) in [5.74, 6) is 1.40. The number of unbranched alkanes of at least 4 members (excludes halogenated alkanes) is 5.